The zero-order chi connectivity index (χ0) is 14.7. The lowest BCUT2D eigenvalue weighted by Crippen LogP contribution is -2.01. The summed E-state index contributed by atoms with van der Waals surface area (Å²) in [6.45, 7) is 0. The highest BCUT2D eigenvalue weighted by atomic mass is 16.6. The Bertz CT molecular complexity index is 682. The third kappa shape index (κ3) is 2.66. The monoisotopic (exact) mass is 275 g/mol. The fourth-order valence-electron chi connectivity index (χ4n) is 1.55. The molecule has 7 nitrogen and oxygen atoms in total. The van der Waals surface area contributed by atoms with Crippen LogP contribution in [0.4, 0.5) is 5.69 Å². The Morgan fingerprint density at radius 3 is 2.45 bits per heavy atom. The van der Waals surface area contributed by atoms with Crippen LogP contribution < -0.4 is 4.74 Å². The SMILES string of the molecule is O=C(O)c1cc([N+](=O)[O-])ccc1Oc1ccccc1O. The highest BCUT2D eigenvalue weighted by Crippen LogP contribution is 2.33. The number of nitrogens with zero attached hydrogens (tertiary/aromatic N) is 1. The molecule has 102 valence electrons. The van der Waals surface area contributed by atoms with E-state index in [9.17, 15) is 20.0 Å². The summed E-state index contributed by atoms with van der Waals surface area (Å²) in [5.74, 6) is -1.56. The van der Waals surface area contributed by atoms with Crippen molar-refractivity contribution < 1.29 is 24.7 Å². The molecule has 0 radical (unpaired) electrons. The first-order valence-electron chi connectivity index (χ1n) is 5.46. The summed E-state index contributed by atoms with van der Waals surface area (Å²) in [5.41, 5.74) is -0.713. The molecule has 0 amide bonds. The van der Waals surface area contributed by atoms with Crippen molar-refractivity contribution in [3.63, 3.8) is 0 Å². The van der Waals surface area contributed by atoms with Gasteiger partial charge in [-0.25, -0.2) is 4.79 Å². The molecule has 2 N–H and O–H groups in total. The summed E-state index contributed by atoms with van der Waals surface area (Å²) >= 11 is 0. The molecule has 0 aliphatic carbocycles. The van der Waals surface area contributed by atoms with Crippen LogP contribution >= 0.6 is 0 Å². The zero-order valence-electron chi connectivity index (χ0n) is 10.0. The number of phenols is 1. The number of non-ortho nitro benzene ring substituents is 1. The van der Waals surface area contributed by atoms with E-state index in [0.717, 1.165) is 12.1 Å². The lowest BCUT2D eigenvalue weighted by molar-refractivity contribution is -0.384. The lowest BCUT2D eigenvalue weighted by atomic mass is 10.2. The Balaban J connectivity index is 2.44. The van der Waals surface area contributed by atoms with Crippen LogP contribution in [0, 0.1) is 10.1 Å². The predicted molar refractivity (Wildman–Crippen MR) is 68.2 cm³/mol. The van der Waals surface area contributed by atoms with Gasteiger partial charge in [-0.15, -0.1) is 0 Å². The quantitative estimate of drug-likeness (QED) is 0.655. The molecular weight excluding hydrogens is 266 g/mol. The summed E-state index contributed by atoms with van der Waals surface area (Å²) in [6, 6.07) is 9.20. The number of carbonyl (C=O) groups is 1. The summed E-state index contributed by atoms with van der Waals surface area (Å²) in [4.78, 5) is 21.0. The van der Waals surface area contributed by atoms with Gasteiger partial charge in [0.2, 0.25) is 0 Å². The van der Waals surface area contributed by atoms with Gasteiger partial charge in [0.15, 0.2) is 11.5 Å². The van der Waals surface area contributed by atoms with Crippen LogP contribution in [0.1, 0.15) is 10.4 Å². The maximum atomic E-state index is 11.1. The molecule has 2 aromatic carbocycles. The van der Waals surface area contributed by atoms with Crippen molar-refractivity contribution in [2.45, 2.75) is 0 Å². The van der Waals surface area contributed by atoms with E-state index in [1.54, 1.807) is 12.1 Å². The fourth-order valence-corrected chi connectivity index (χ4v) is 1.55. The first-order valence-corrected chi connectivity index (χ1v) is 5.46. The van der Waals surface area contributed by atoms with Gasteiger partial charge < -0.3 is 14.9 Å². The molecule has 20 heavy (non-hydrogen) atoms. The topological polar surface area (TPSA) is 110 Å². The molecule has 0 heterocycles. The number of phenolic OH excluding ortho intramolecular Hbond substituents is 1. The lowest BCUT2D eigenvalue weighted by Gasteiger charge is -2.09. The highest BCUT2D eigenvalue weighted by Gasteiger charge is 2.18. The number of carboxylic acids is 1. The van der Waals surface area contributed by atoms with Crippen LogP contribution in [-0.2, 0) is 0 Å². The van der Waals surface area contributed by atoms with Crippen molar-refractivity contribution in [3.8, 4) is 17.2 Å². The molecule has 0 fully saturated rings. The van der Waals surface area contributed by atoms with Crippen molar-refractivity contribution in [1.29, 1.82) is 0 Å². The van der Waals surface area contributed by atoms with Crippen molar-refractivity contribution >= 4 is 11.7 Å². The largest absolute Gasteiger partial charge is 0.504 e. The highest BCUT2D eigenvalue weighted by molar-refractivity contribution is 5.91. The van der Waals surface area contributed by atoms with Crippen LogP contribution in [0.3, 0.4) is 0 Å². The molecule has 0 atom stereocenters. The minimum absolute atomic E-state index is 0.0591. The minimum Gasteiger partial charge on any atom is -0.504 e. The van der Waals surface area contributed by atoms with E-state index < -0.39 is 10.9 Å². The number of rotatable bonds is 4. The Morgan fingerprint density at radius 1 is 1.15 bits per heavy atom. The number of para-hydroxylation sites is 2. The average Bonchev–Trinajstić information content (AvgIpc) is 2.41. The van der Waals surface area contributed by atoms with Gasteiger partial charge in [-0.3, -0.25) is 10.1 Å². The van der Waals surface area contributed by atoms with Gasteiger partial charge in [0.1, 0.15) is 11.3 Å². The number of benzene rings is 2. The van der Waals surface area contributed by atoms with Gasteiger partial charge in [-0.2, -0.15) is 0 Å². The number of carboxylic acid groups (broad SMARTS) is 1. The third-order valence-corrected chi connectivity index (χ3v) is 2.49. The Morgan fingerprint density at radius 2 is 1.85 bits per heavy atom. The number of hydrogen-bond acceptors (Lipinski definition) is 5. The molecule has 0 unspecified atom stereocenters. The van der Waals surface area contributed by atoms with Crippen molar-refractivity contribution in [2.75, 3.05) is 0 Å². The Labute approximate surface area is 112 Å². The molecule has 0 spiro atoms. The van der Waals surface area contributed by atoms with Crippen molar-refractivity contribution in [2.24, 2.45) is 0 Å². The molecule has 0 aliphatic rings. The van der Waals surface area contributed by atoms with Crippen LogP contribution in [0.5, 0.6) is 17.2 Å². The molecule has 0 bridgehead atoms. The van der Waals surface area contributed by atoms with Crippen molar-refractivity contribution in [1.82, 2.24) is 0 Å². The maximum Gasteiger partial charge on any atom is 0.339 e. The molecule has 7 heteroatoms. The molecule has 2 rings (SSSR count). The third-order valence-electron chi connectivity index (χ3n) is 2.49. The molecule has 2 aromatic rings. The second kappa shape index (κ2) is 5.27. The number of aromatic hydroxyl groups is 1. The van der Waals surface area contributed by atoms with Gasteiger partial charge in [0.25, 0.3) is 5.69 Å². The Hall–Kier alpha value is -3.09. The van der Waals surface area contributed by atoms with E-state index in [4.69, 9.17) is 9.84 Å². The standard InChI is InChI=1S/C13H9NO6/c15-10-3-1-2-4-12(10)20-11-6-5-8(14(18)19)7-9(11)13(16)17/h1-7,15H,(H,16,17). The van der Waals surface area contributed by atoms with E-state index in [-0.39, 0.29) is 28.5 Å². The number of hydrogen-bond donors (Lipinski definition) is 2. The summed E-state index contributed by atoms with van der Waals surface area (Å²) in [5, 5.41) is 29.2. The van der Waals surface area contributed by atoms with Crippen LogP contribution in [0.15, 0.2) is 42.5 Å². The van der Waals surface area contributed by atoms with E-state index in [1.807, 2.05) is 0 Å². The second-order valence-electron chi connectivity index (χ2n) is 3.81. The zero-order valence-corrected chi connectivity index (χ0v) is 10.0. The van der Waals surface area contributed by atoms with E-state index in [1.165, 1.54) is 18.2 Å². The summed E-state index contributed by atoms with van der Waals surface area (Å²) < 4.78 is 5.28. The van der Waals surface area contributed by atoms with Gasteiger partial charge >= 0.3 is 5.97 Å². The predicted octanol–water partition coefficient (Wildman–Crippen LogP) is 2.79. The number of aromatic carboxylic acids is 1. The van der Waals surface area contributed by atoms with E-state index >= 15 is 0 Å². The first kappa shape index (κ1) is 13.3. The van der Waals surface area contributed by atoms with Gasteiger partial charge in [-0.1, -0.05) is 12.1 Å². The normalized spacial score (nSPS) is 10.0. The van der Waals surface area contributed by atoms with Gasteiger partial charge in [-0.05, 0) is 18.2 Å². The Kier molecular flexibility index (Phi) is 3.52. The fraction of sp³-hybridized carbons (Fsp3) is 0. The van der Waals surface area contributed by atoms with Crippen LogP contribution in [0.2, 0.25) is 0 Å². The molecular formula is C13H9NO6. The smallest absolute Gasteiger partial charge is 0.339 e. The minimum atomic E-state index is -1.36. The average molecular weight is 275 g/mol. The second-order valence-corrected chi connectivity index (χ2v) is 3.81. The van der Waals surface area contributed by atoms with Gasteiger partial charge in [0.05, 0.1) is 4.92 Å². The first-order chi connectivity index (χ1) is 9.49. The number of nitro groups is 1. The summed E-state index contributed by atoms with van der Waals surface area (Å²) in [6.07, 6.45) is 0. The molecule has 0 aliphatic heterocycles. The number of ether oxygens (including phenoxy) is 1. The van der Waals surface area contributed by atoms with Crippen molar-refractivity contribution in [3.05, 3.63) is 58.1 Å². The molecule has 0 saturated heterocycles. The van der Waals surface area contributed by atoms with Gasteiger partial charge in [0, 0.05) is 12.1 Å². The van der Waals surface area contributed by atoms with Crippen LogP contribution in [0.25, 0.3) is 0 Å². The van der Waals surface area contributed by atoms with E-state index in [2.05, 4.69) is 0 Å². The maximum absolute atomic E-state index is 11.1. The van der Waals surface area contributed by atoms with E-state index in [0.29, 0.717) is 0 Å². The van der Waals surface area contributed by atoms with Crippen LogP contribution in [-0.4, -0.2) is 21.1 Å². The summed E-state index contributed by atoms with van der Waals surface area (Å²) in [7, 11) is 0. The number of nitro benzene ring substituents is 1. The molecule has 0 aromatic heterocycles. The molecule has 0 saturated carbocycles.